The van der Waals surface area contributed by atoms with Crippen molar-refractivity contribution in [2.45, 2.75) is 32.2 Å². The minimum Gasteiger partial charge on any atom is -0.481 e. The Kier molecular flexibility index (Phi) is 5.05. The van der Waals surface area contributed by atoms with E-state index in [1.165, 1.54) is 0 Å². The zero-order valence-electron chi connectivity index (χ0n) is 11.0. The summed E-state index contributed by atoms with van der Waals surface area (Å²) >= 11 is 2.22. The van der Waals surface area contributed by atoms with Gasteiger partial charge in [-0.25, -0.2) is 4.68 Å². The zero-order valence-corrected chi connectivity index (χ0v) is 13.2. The lowest BCUT2D eigenvalue weighted by atomic mass is 10.1. The topological polar surface area (TPSA) is 80.9 Å². The van der Waals surface area contributed by atoms with E-state index in [1.54, 1.807) is 4.68 Å². The molecule has 0 aliphatic carbocycles. The predicted molar refractivity (Wildman–Crippen MR) is 82.2 cm³/mol. The first-order valence-corrected chi connectivity index (χ1v) is 7.46. The largest absolute Gasteiger partial charge is 0.481 e. The molecule has 0 saturated heterocycles. The normalized spacial score (nSPS) is 12.3. The molecule has 20 heavy (non-hydrogen) atoms. The standard InChI is InChI=1S/C13H15IN4O2/c1-2-5-9(8-12(19)20)18-13(15-16-17-18)10-6-3-4-7-11(10)14/h3-4,6-7,9H,2,5,8H2,1H3,(H,19,20). The zero-order chi connectivity index (χ0) is 14.5. The van der Waals surface area contributed by atoms with E-state index in [1.807, 2.05) is 31.2 Å². The number of carboxylic acid groups (broad SMARTS) is 1. The molecule has 2 aromatic rings. The molecule has 2 rings (SSSR count). The van der Waals surface area contributed by atoms with Gasteiger partial charge in [-0.05, 0) is 45.5 Å². The van der Waals surface area contributed by atoms with Crippen molar-refractivity contribution >= 4 is 28.6 Å². The molecule has 6 nitrogen and oxygen atoms in total. The van der Waals surface area contributed by atoms with Gasteiger partial charge in [0.2, 0.25) is 0 Å². The number of tetrazole rings is 1. The number of rotatable bonds is 6. The number of nitrogens with zero attached hydrogens (tertiary/aromatic N) is 4. The van der Waals surface area contributed by atoms with E-state index >= 15 is 0 Å². The number of benzene rings is 1. The summed E-state index contributed by atoms with van der Waals surface area (Å²) in [5.41, 5.74) is 0.921. The van der Waals surface area contributed by atoms with Gasteiger partial charge in [0.25, 0.3) is 0 Å². The van der Waals surface area contributed by atoms with Gasteiger partial charge >= 0.3 is 5.97 Å². The number of hydrogen-bond donors (Lipinski definition) is 1. The molecule has 0 aliphatic rings. The highest BCUT2D eigenvalue weighted by Crippen LogP contribution is 2.27. The van der Waals surface area contributed by atoms with Crippen molar-refractivity contribution < 1.29 is 9.90 Å². The summed E-state index contributed by atoms with van der Waals surface area (Å²) in [5.74, 6) is -0.220. The summed E-state index contributed by atoms with van der Waals surface area (Å²) in [5, 5.41) is 20.8. The monoisotopic (exact) mass is 386 g/mol. The van der Waals surface area contributed by atoms with Crippen LogP contribution in [0.3, 0.4) is 0 Å². The Morgan fingerprint density at radius 2 is 2.20 bits per heavy atom. The van der Waals surface area contributed by atoms with Gasteiger partial charge in [-0.2, -0.15) is 0 Å². The number of carboxylic acids is 1. The highest BCUT2D eigenvalue weighted by atomic mass is 127. The van der Waals surface area contributed by atoms with Crippen LogP contribution in [0.4, 0.5) is 0 Å². The maximum Gasteiger partial charge on any atom is 0.305 e. The molecule has 106 valence electrons. The summed E-state index contributed by atoms with van der Waals surface area (Å²) in [4.78, 5) is 11.0. The third-order valence-electron chi connectivity index (χ3n) is 2.99. The highest BCUT2D eigenvalue weighted by molar-refractivity contribution is 14.1. The lowest BCUT2D eigenvalue weighted by Crippen LogP contribution is -2.16. The van der Waals surface area contributed by atoms with Crippen LogP contribution in [0.1, 0.15) is 32.2 Å². The molecule has 0 aliphatic heterocycles. The molecular weight excluding hydrogens is 371 g/mol. The fourth-order valence-electron chi connectivity index (χ4n) is 2.11. The molecule has 1 atom stereocenters. The van der Waals surface area contributed by atoms with Gasteiger partial charge in [-0.3, -0.25) is 4.79 Å². The first-order valence-electron chi connectivity index (χ1n) is 6.38. The lowest BCUT2D eigenvalue weighted by molar-refractivity contribution is -0.138. The smallest absolute Gasteiger partial charge is 0.305 e. The second kappa shape index (κ2) is 6.78. The molecule has 0 bridgehead atoms. The van der Waals surface area contributed by atoms with E-state index in [0.29, 0.717) is 5.82 Å². The van der Waals surface area contributed by atoms with E-state index < -0.39 is 5.97 Å². The van der Waals surface area contributed by atoms with Crippen LogP contribution < -0.4 is 0 Å². The Bertz CT molecular complexity index is 600. The predicted octanol–water partition coefficient (Wildman–Crippen LogP) is 2.76. The Labute approximate surface area is 130 Å². The molecule has 1 aromatic carbocycles. The average molecular weight is 386 g/mol. The molecule has 1 aromatic heterocycles. The van der Waals surface area contributed by atoms with Crippen molar-refractivity contribution in [1.82, 2.24) is 20.2 Å². The molecule has 0 amide bonds. The maximum atomic E-state index is 11.0. The summed E-state index contributed by atoms with van der Waals surface area (Å²) < 4.78 is 2.67. The van der Waals surface area contributed by atoms with E-state index in [9.17, 15) is 4.79 Å². The van der Waals surface area contributed by atoms with Crippen molar-refractivity contribution in [3.8, 4) is 11.4 Å². The van der Waals surface area contributed by atoms with Crippen LogP contribution in [0.5, 0.6) is 0 Å². The average Bonchev–Trinajstić information content (AvgIpc) is 2.87. The highest BCUT2D eigenvalue weighted by Gasteiger charge is 2.21. The first kappa shape index (κ1) is 14.9. The number of halogens is 1. The lowest BCUT2D eigenvalue weighted by Gasteiger charge is -2.16. The Morgan fingerprint density at radius 3 is 2.85 bits per heavy atom. The summed E-state index contributed by atoms with van der Waals surface area (Å²) in [7, 11) is 0. The van der Waals surface area contributed by atoms with Gasteiger partial charge in [0.1, 0.15) is 0 Å². The molecule has 1 N–H and O–H groups in total. The number of hydrogen-bond acceptors (Lipinski definition) is 4. The quantitative estimate of drug-likeness (QED) is 0.773. The second-order valence-electron chi connectivity index (χ2n) is 4.47. The van der Waals surface area contributed by atoms with Crippen LogP contribution in [-0.2, 0) is 4.79 Å². The number of aromatic nitrogens is 4. The van der Waals surface area contributed by atoms with Gasteiger partial charge < -0.3 is 5.11 Å². The maximum absolute atomic E-state index is 11.0. The minimum absolute atomic E-state index is 0.0231. The summed E-state index contributed by atoms with van der Waals surface area (Å²) in [6.07, 6.45) is 1.63. The van der Waals surface area contributed by atoms with Gasteiger partial charge in [0.05, 0.1) is 12.5 Å². The molecule has 1 heterocycles. The molecule has 0 radical (unpaired) electrons. The van der Waals surface area contributed by atoms with Crippen molar-refractivity contribution in [2.75, 3.05) is 0 Å². The van der Waals surface area contributed by atoms with Gasteiger partial charge in [0, 0.05) is 9.13 Å². The van der Waals surface area contributed by atoms with E-state index in [-0.39, 0.29) is 12.5 Å². The van der Waals surface area contributed by atoms with Crippen LogP contribution in [-0.4, -0.2) is 31.3 Å². The summed E-state index contributed by atoms with van der Waals surface area (Å²) in [6, 6.07) is 7.55. The fourth-order valence-corrected chi connectivity index (χ4v) is 2.73. The van der Waals surface area contributed by atoms with E-state index in [4.69, 9.17) is 5.11 Å². The number of aliphatic carboxylic acids is 1. The van der Waals surface area contributed by atoms with Crippen molar-refractivity contribution in [3.63, 3.8) is 0 Å². The van der Waals surface area contributed by atoms with Crippen molar-refractivity contribution in [2.24, 2.45) is 0 Å². The summed E-state index contributed by atoms with van der Waals surface area (Å²) in [6.45, 7) is 2.02. The first-order chi connectivity index (χ1) is 9.63. The molecular formula is C13H15IN4O2. The third-order valence-corrected chi connectivity index (χ3v) is 3.93. The Hall–Kier alpha value is -1.51. The third kappa shape index (κ3) is 3.33. The van der Waals surface area contributed by atoms with Crippen LogP contribution in [0.25, 0.3) is 11.4 Å². The molecule has 0 saturated carbocycles. The second-order valence-corrected chi connectivity index (χ2v) is 5.63. The molecule has 1 unspecified atom stereocenters. The van der Waals surface area contributed by atoms with Gasteiger partial charge in [-0.15, -0.1) is 5.10 Å². The molecule has 0 fully saturated rings. The van der Waals surface area contributed by atoms with E-state index in [2.05, 4.69) is 38.1 Å². The Morgan fingerprint density at radius 1 is 1.45 bits per heavy atom. The number of carbonyl (C=O) groups is 1. The van der Waals surface area contributed by atoms with Crippen LogP contribution in [0.15, 0.2) is 24.3 Å². The molecule has 0 spiro atoms. The van der Waals surface area contributed by atoms with Crippen LogP contribution >= 0.6 is 22.6 Å². The van der Waals surface area contributed by atoms with Gasteiger partial charge in [-0.1, -0.05) is 31.5 Å². The van der Waals surface area contributed by atoms with Crippen LogP contribution in [0.2, 0.25) is 0 Å². The fraction of sp³-hybridized carbons (Fsp3) is 0.385. The SMILES string of the molecule is CCCC(CC(=O)O)n1nnnc1-c1ccccc1I. The van der Waals surface area contributed by atoms with Crippen molar-refractivity contribution in [1.29, 1.82) is 0 Å². The van der Waals surface area contributed by atoms with Crippen molar-refractivity contribution in [3.05, 3.63) is 27.8 Å². The van der Waals surface area contributed by atoms with E-state index in [0.717, 1.165) is 22.0 Å². The minimum atomic E-state index is -0.840. The Balaban J connectivity index is 2.40. The van der Waals surface area contributed by atoms with Gasteiger partial charge in [0.15, 0.2) is 5.82 Å². The molecule has 7 heteroatoms. The van der Waals surface area contributed by atoms with Crippen LogP contribution in [0, 0.1) is 3.57 Å².